The molecule has 0 saturated carbocycles. The third kappa shape index (κ3) is 3.43. The summed E-state index contributed by atoms with van der Waals surface area (Å²) in [5, 5.41) is 8.71. The van der Waals surface area contributed by atoms with Crippen molar-refractivity contribution in [3.8, 4) is 0 Å². The van der Waals surface area contributed by atoms with Crippen LogP contribution >= 0.6 is 27.5 Å². The van der Waals surface area contributed by atoms with Gasteiger partial charge in [-0.2, -0.15) is 0 Å². The molecule has 0 fully saturated rings. The van der Waals surface area contributed by atoms with Crippen LogP contribution in [-0.2, 0) is 10.0 Å². The summed E-state index contributed by atoms with van der Waals surface area (Å²) in [6.45, 7) is 0. The molecule has 0 saturated heterocycles. The first-order chi connectivity index (χ1) is 9.27. The molecule has 0 spiro atoms. The van der Waals surface area contributed by atoms with Crippen molar-refractivity contribution in [2.24, 2.45) is 5.14 Å². The van der Waals surface area contributed by atoms with Gasteiger partial charge in [-0.05, 0) is 52.3 Å². The zero-order valence-corrected chi connectivity index (χ0v) is 13.3. The Morgan fingerprint density at radius 3 is 2.45 bits per heavy atom. The number of hydrogen-bond acceptors (Lipinski definition) is 4. The molecule has 0 aliphatic heterocycles. The molecule has 2 aromatic carbocycles. The number of halogens is 2. The van der Waals surface area contributed by atoms with Crippen LogP contribution < -0.4 is 16.2 Å². The number of rotatable bonds is 3. The van der Waals surface area contributed by atoms with Gasteiger partial charge in [0, 0.05) is 15.8 Å². The van der Waals surface area contributed by atoms with E-state index in [-0.39, 0.29) is 4.90 Å². The molecule has 0 heterocycles. The third-order valence-electron chi connectivity index (χ3n) is 2.51. The van der Waals surface area contributed by atoms with Crippen molar-refractivity contribution in [3.05, 3.63) is 45.9 Å². The van der Waals surface area contributed by atoms with Crippen LogP contribution in [0.4, 0.5) is 17.1 Å². The maximum Gasteiger partial charge on any atom is 0.240 e. The Kier molecular flexibility index (Phi) is 4.24. The summed E-state index contributed by atoms with van der Waals surface area (Å²) in [6.07, 6.45) is 0. The third-order valence-corrected chi connectivity index (χ3v) is 4.68. The van der Waals surface area contributed by atoms with Gasteiger partial charge in [0.2, 0.25) is 10.0 Å². The fourth-order valence-corrected chi connectivity index (χ4v) is 2.83. The van der Waals surface area contributed by atoms with Crippen LogP contribution in [0.5, 0.6) is 0 Å². The standard InChI is InChI=1S/C12H11BrClN3O2S/c13-9-6-8(2-3-10(9)14)17-11-4-1-7(15)5-12(11)20(16,18)19/h1-6,17H,15H2,(H2,16,18,19). The molecule has 0 radical (unpaired) electrons. The molecule has 0 aliphatic rings. The molecule has 0 atom stereocenters. The Bertz CT molecular complexity index is 765. The Hall–Kier alpha value is -1.28. The number of sulfonamides is 1. The predicted octanol–water partition coefficient (Wildman–Crippen LogP) is 3.08. The van der Waals surface area contributed by atoms with E-state index in [0.717, 1.165) is 0 Å². The van der Waals surface area contributed by atoms with Crippen LogP contribution in [0.1, 0.15) is 0 Å². The van der Waals surface area contributed by atoms with Crippen LogP contribution in [0.25, 0.3) is 0 Å². The van der Waals surface area contributed by atoms with E-state index in [2.05, 4.69) is 21.2 Å². The van der Waals surface area contributed by atoms with Crippen molar-refractivity contribution in [3.63, 3.8) is 0 Å². The topological polar surface area (TPSA) is 98.2 Å². The van der Waals surface area contributed by atoms with Crippen molar-refractivity contribution in [2.75, 3.05) is 11.1 Å². The molecule has 8 heteroatoms. The molecule has 0 aliphatic carbocycles. The molecule has 5 nitrogen and oxygen atoms in total. The summed E-state index contributed by atoms with van der Waals surface area (Å²) in [7, 11) is -3.87. The van der Waals surface area contributed by atoms with Crippen LogP contribution in [0, 0.1) is 0 Å². The summed E-state index contributed by atoms with van der Waals surface area (Å²) >= 11 is 9.20. The van der Waals surface area contributed by atoms with Gasteiger partial charge in [0.05, 0.1) is 10.7 Å². The lowest BCUT2D eigenvalue weighted by molar-refractivity contribution is 0.598. The maximum absolute atomic E-state index is 11.6. The van der Waals surface area contributed by atoms with Gasteiger partial charge in [-0.1, -0.05) is 11.6 Å². The van der Waals surface area contributed by atoms with Gasteiger partial charge in [-0.25, -0.2) is 13.6 Å². The quantitative estimate of drug-likeness (QED) is 0.717. The molecule has 2 rings (SSSR count). The number of hydrogen-bond donors (Lipinski definition) is 3. The van der Waals surface area contributed by atoms with E-state index >= 15 is 0 Å². The second-order valence-electron chi connectivity index (χ2n) is 4.05. The minimum absolute atomic E-state index is 0.0661. The van der Waals surface area contributed by atoms with Crippen LogP contribution in [0.15, 0.2) is 45.8 Å². The van der Waals surface area contributed by atoms with Crippen molar-refractivity contribution >= 4 is 54.6 Å². The number of primary sulfonamides is 1. The van der Waals surface area contributed by atoms with E-state index in [1.165, 1.54) is 6.07 Å². The van der Waals surface area contributed by atoms with Gasteiger partial charge >= 0.3 is 0 Å². The van der Waals surface area contributed by atoms with E-state index in [1.54, 1.807) is 30.3 Å². The van der Waals surface area contributed by atoms with E-state index in [1.807, 2.05) is 0 Å². The predicted molar refractivity (Wildman–Crippen MR) is 84.7 cm³/mol. The normalized spacial score (nSPS) is 11.3. The Balaban J connectivity index is 2.46. The molecule has 5 N–H and O–H groups in total. The summed E-state index contributed by atoms with van der Waals surface area (Å²) in [6, 6.07) is 9.58. The molecule has 106 valence electrons. The molecule has 20 heavy (non-hydrogen) atoms. The van der Waals surface area contributed by atoms with Gasteiger partial charge in [0.25, 0.3) is 0 Å². The molecular weight excluding hydrogens is 366 g/mol. The van der Waals surface area contributed by atoms with E-state index in [0.29, 0.717) is 26.6 Å². The number of nitrogens with two attached hydrogens (primary N) is 2. The first-order valence-electron chi connectivity index (χ1n) is 5.42. The summed E-state index contributed by atoms with van der Waals surface area (Å²) in [5.41, 5.74) is 6.91. The van der Waals surface area contributed by atoms with Crippen molar-refractivity contribution in [1.29, 1.82) is 0 Å². The summed E-state index contributed by atoms with van der Waals surface area (Å²) in [5.74, 6) is 0. The van der Waals surface area contributed by atoms with E-state index < -0.39 is 10.0 Å². The minimum Gasteiger partial charge on any atom is -0.399 e. The van der Waals surface area contributed by atoms with Crippen LogP contribution in [0.3, 0.4) is 0 Å². The van der Waals surface area contributed by atoms with Crippen LogP contribution in [-0.4, -0.2) is 8.42 Å². The SMILES string of the molecule is Nc1ccc(Nc2ccc(Cl)c(Br)c2)c(S(N)(=O)=O)c1. The summed E-state index contributed by atoms with van der Waals surface area (Å²) < 4.78 is 23.8. The molecule has 0 bridgehead atoms. The smallest absolute Gasteiger partial charge is 0.240 e. The highest BCUT2D eigenvalue weighted by molar-refractivity contribution is 9.10. The molecular formula is C12H11BrClN3O2S. The van der Waals surface area contributed by atoms with Gasteiger partial charge in [-0.15, -0.1) is 0 Å². The Labute approximate surface area is 130 Å². The lowest BCUT2D eigenvalue weighted by Gasteiger charge is -2.12. The lowest BCUT2D eigenvalue weighted by Crippen LogP contribution is -2.14. The first-order valence-corrected chi connectivity index (χ1v) is 8.13. The average Bonchev–Trinajstić information content (AvgIpc) is 2.35. The lowest BCUT2D eigenvalue weighted by atomic mass is 10.2. The van der Waals surface area contributed by atoms with E-state index in [4.69, 9.17) is 22.5 Å². The Morgan fingerprint density at radius 2 is 1.85 bits per heavy atom. The highest BCUT2D eigenvalue weighted by Gasteiger charge is 2.14. The summed E-state index contributed by atoms with van der Waals surface area (Å²) in [4.78, 5) is -0.0661. The van der Waals surface area contributed by atoms with Crippen LogP contribution in [0.2, 0.25) is 5.02 Å². The monoisotopic (exact) mass is 375 g/mol. The number of benzene rings is 2. The fourth-order valence-electron chi connectivity index (χ4n) is 1.61. The highest BCUT2D eigenvalue weighted by Crippen LogP contribution is 2.30. The zero-order valence-electron chi connectivity index (χ0n) is 10.1. The van der Waals surface area contributed by atoms with Crippen molar-refractivity contribution in [2.45, 2.75) is 4.90 Å². The molecule has 0 unspecified atom stereocenters. The maximum atomic E-state index is 11.6. The van der Waals surface area contributed by atoms with Crippen molar-refractivity contribution < 1.29 is 8.42 Å². The minimum atomic E-state index is -3.87. The van der Waals surface area contributed by atoms with Gasteiger partial charge < -0.3 is 11.1 Å². The van der Waals surface area contributed by atoms with Gasteiger partial charge in [-0.3, -0.25) is 0 Å². The fraction of sp³-hybridized carbons (Fsp3) is 0. The molecule has 0 amide bonds. The second kappa shape index (κ2) is 5.61. The number of nitrogens with one attached hydrogen (secondary N) is 1. The molecule has 0 aromatic heterocycles. The highest BCUT2D eigenvalue weighted by atomic mass is 79.9. The molecule has 2 aromatic rings. The average molecular weight is 377 g/mol. The first kappa shape index (κ1) is 15.1. The van der Waals surface area contributed by atoms with Crippen molar-refractivity contribution in [1.82, 2.24) is 0 Å². The number of anilines is 3. The second-order valence-corrected chi connectivity index (χ2v) is 6.85. The Morgan fingerprint density at radius 1 is 1.15 bits per heavy atom. The van der Waals surface area contributed by atoms with E-state index in [9.17, 15) is 8.42 Å². The zero-order chi connectivity index (χ0) is 14.9. The number of nitrogen functional groups attached to an aromatic ring is 1. The van der Waals surface area contributed by atoms with Gasteiger partial charge in [0.1, 0.15) is 4.90 Å². The largest absolute Gasteiger partial charge is 0.399 e. The van der Waals surface area contributed by atoms with Gasteiger partial charge in [0.15, 0.2) is 0 Å².